The number of hydrogen-bond donors (Lipinski definition) is 0. The average molecular weight is 424 g/mol. The van der Waals surface area contributed by atoms with E-state index in [-0.39, 0.29) is 11.3 Å². The Kier molecular flexibility index (Phi) is 5.59. The van der Waals surface area contributed by atoms with Gasteiger partial charge in [0.15, 0.2) is 17.6 Å². The molecule has 0 N–H and O–H groups in total. The second kappa shape index (κ2) is 8.34. The fourth-order valence-electron chi connectivity index (χ4n) is 3.54. The van der Waals surface area contributed by atoms with Crippen LogP contribution < -0.4 is 19.6 Å². The van der Waals surface area contributed by atoms with Crippen molar-refractivity contribution in [1.29, 1.82) is 0 Å². The number of methoxy groups -OCH3 is 1. The van der Waals surface area contributed by atoms with Crippen LogP contribution in [-0.2, 0) is 9.53 Å². The van der Waals surface area contributed by atoms with E-state index in [4.69, 9.17) is 23.4 Å². The highest BCUT2D eigenvalue weighted by Crippen LogP contribution is 2.35. The van der Waals surface area contributed by atoms with Crippen LogP contribution in [0.2, 0.25) is 0 Å². The minimum absolute atomic E-state index is 0.0570. The lowest BCUT2D eigenvalue weighted by atomic mass is 9.98. The molecule has 7 nitrogen and oxygen atoms in total. The number of fused-ring (bicyclic) bond motifs is 2. The molecule has 0 bridgehead atoms. The van der Waals surface area contributed by atoms with Crippen LogP contribution in [0, 0.1) is 0 Å². The van der Waals surface area contributed by atoms with Crippen LogP contribution >= 0.6 is 0 Å². The zero-order valence-corrected chi connectivity index (χ0v) is 17.9. The van der Waals surface area contributed by atoms with Crippen molar-refractivity contribution in [3.05, 3.63) is 52.4 Å². The summed E-state index contributed by atoms with van der Waals surface area (Å²) in [6, 6.07) is 8.81. The number of benzene rings is 2. The Morgan fingerprint density at radius 2 is 1.77 bits per heavy atom. The molecular weight excluding hydrogens is 400 g/mol. The number of carbonyl (C=O) groups is 1. The lowest BCUT2D eigenvalue weighted by Crippen LogP contribution is -2.25. The summed E-state index contributed by atoms with van der Waals surface area (Å²) < 4.78 is 27.5. The Balaban J connectivity index is 1.80. The van der Waals surface area contributed by atoms with Gasteiger partial charge in [-0.15, -0.1) is 0 Å². The van der Waals surface area contributed by atoms with Gasteiger partial charge < -0.3 is 23.4 Å². The molecule has 2 heterocycles. The van der Waals surface area contributed by atoms with Crippen molar-refractivity contribution >= 4 is 16.9 Å². The normalized spacial score (nSPS) is 13.8. The fraction of sp³-hybridized carbons (Fsp3) is 0.333. The van der Waals surface area contributed by atoms with Gasteiger partial charge in [-0.2, -0.15) is 0 Å². The molecule has 1 aromatic heterocycles. The molecule has 7 heteroatoms. The molecule has 31 heavy (non-hydrogen) atoms. The third-order valence-electron chi connectivity index (χ3n) is 5.22. The Morgan fingerprint density at radius 3 is 2.48 bits per heavy atom. The van der Waals surface area contributed by atoms with Gasteiger partial charge in [0.2, 0.25) is 5.43 Å². The zero-order valence-electron chi connectivity index (χ0n) is 17.9. The second-order valence-corrected chi connectivity index (χ2v) is 7.66. The Labute approximate surface area is 179 Å². The van der Waals surface area contributed by atoms with Crippen LogP contribution in [0.4, 0.5) is 0 Å². The lowest BCUT2D eigenvalue weighted by Gasteiger charge is -2.19. The van der Waals surface area contributed by atoms with Gasteiger partial charge in [0.1, 0.15) is 30.8 Å². The van der Waals surface area contributed by atoms with E-state index in [1.54, 1.807) is 31.2 Å². The summed E-state index contributed by atoms with van der Waals surface area (Å²) in [5.41, 5.74) is 2.13. The zero-order chi connectivity index (χ0) is 22.1. The molecule has 4 rings (SSSR count). The molecule has 2 aromatic carbocycles. The molecule has 0 radical (unpaired) electrons. The Morgan fingerprint density at radius 1 is 1.03 bits per heavy atom. The highest BCUT2D eigenvalue weighted by Gasteiger charge is 2.21. The smallest absolute Gasteiger partial charge is 0.346 e. The van der Waals surface area contributed by atoms with E-state index in [0.717, 1.165) is 5.56 Å². The largest absolute Gasteiger partial charge is 0.486 e. The van der Waals surface area contributed by atoms with Crippen molar-refractivity contribution in [2.75, 3.05) is 20.3 Å². The summed E-state index contributed by atoms with van der Waals surface area (Å²) in [5.74, 6) is 1.32. The van der Waals surface area contributed by atoms with E-state index >= 15 is 0 Å². The maximum atomic E-state index is 13.3. The summed E-state index contributed by atoms with van der Waals surface area (Å²) in [5, 5.41) is 0.439. The van der Waals surface area contributed by atoms with Crippen molar-refractivity contribution in [2.24, 2.45) is 0 Å². The van der Waals surface area contributed by atoms with Crippen LogP contribution in [0.5, 0.6) is 17.2 Å². The molecule has 1 aliphatic heterocycles. The third-order valence-corrected chi connectivity index (χ3v) is 5.22. The highest BCUT2D eigenvalue weighted by atomic mass is 16.6. The van der Waals surface area contributed by atoms with Gasteiger partial charge in [0.25, 0.3) is 0 Å². The van der Waals surface area contributed by atoms with Gasteiger partial charge in [-0.3, -0.25) is 4.79 Å². The van der Waals surface area contributed by atoms with E-state index in [1.807, 2.05) is 19.9 Å². The van der Waals surface area contributed by atoms with Crippen molar-refractivity contribution in [1.82, 2.24) is 0 Å². The number of hydrogen-bond acceptors (Lipinski definition) is 7. The maximum Gasteiger partial charge on any atom is 0.346 e. The molecular formula is C24H24O7. The Hall–Kier alpha value is -3.48. The van der Waals surface area contributed by atoms with Gasteiger partial charge in [0, 0.05) is 6.07 Å². The monoisotopic (exact) mass is 424 g/mol. The molecule has 162 valence electrons. The van der Waals surface area contributed by atoms with Crippen molar-refractivity contribution in [3.63, 3.8) is 0 Å². The number of carbonyl (C=O) groups excluding carboxylic acids is 1. The molecule has 0 spiro atoms. The highest BCUT2D eigenvalue weighted by molar-refractivity contribution is 5.84. The topological polar surface area (TPSA) is 84.2 Å². The first-order valence-electron chi connectivity index (χ1n) is 10.1. The van der Waals surface area contributed by atoms with E-state index in [9.17, 15) is 9.59 Å². The summed E-state index contributed by atoms with van der Waals surface area (Å²) in [6.45, 7) is 6.56. The fourth-order valence-corrected chi connectivity index (χ4v) is 3.54. The predicted molar refractivity (Wildman–Crippen MR) is 115 cm³/mol. The second-order valence-electron chi connectivity index (χ2n) is 7.66. The molecule has 0 fully saturated rings. The van der Waals surface area contributed by atoms with Crippen LogP contribution in [-0.4, -0.2) is 32.4 Å². The van der Waals surface area contributed by atoms with Gasteiger partial charge in [-0.1, -0.05) is 19.9 Å². The summed E-state index contributed by atoms with van der Waals surface area (Å²) in [6.07, 6.45) is 0.641. The van der Waals surface area contributed by atoms with Crippen molar-refractivity contribution in [3.8, 4) is 28.4 Å². The van der Waals surface area contributed by atoms with E-state index in [2.05, 4.69) is 0 Å². The molecule has 0 saturated carbocycles. The minimum atomic E-state index is -0.788. The molecule has 1 aliphatic rings. The summed E-state index contributed by atoms with van der Waals surface area (Å²) >= 11 is 0. The first-order valence-corrected chi connectivity index (χ1v) is 10.1. The lowest BCUT2D eigenvalue weighted by molar-refractivity contribution is -0.147. The minimum Gasteiger partial charge on any atom is -0.486 e. The average Bonchev–Trinajstić information content (AvgIpc) is 2.78. The Bertz CT molecular complexity index is 1190. The molecule has 3 aromatic rings. The first kappa shape index (κ1) is 20.8. The van der Waals surface area contributed by atoms with E-state index < -0.39 is 12.1 Å². The van der Waals surface area contributed by atoms with Gasteiger partial charge in [-0.05, 0) is 42.2 Å². The van der Waals surface area contributed by atoms with E-state index in [0.29, 0.717) is 52.6 Å². The van der Waals surface area contributed by atoms with Crippen molar-refractivity contribution < 1.29 is 28.2 Å². The van der Waals surface area contributed by atoms with Crippen molar-refractivity contribution in [2.45, 2.75) is 32.8 Å². The van der Waals surface area contributed by atoms with Crippen LogP contribution in [0.1, 0.15) is 32.3 Å². The third kappa shape index (κ3) is 3.95. The molecule has 0 saturated heterocycles. The van der Waals surface area contributed by atoms with E-state index in [1.165, 1.54) is 13.4 Å². The maximum absolute atomic E-state index is 13.3. The van der Waals surface area contributed by atoms with Gasteiger partial charge in [-0.25, -0.2) is 4.79 Å². The number of ether oxygens (including phenoxy) is 4. The molecule has 0 aliphatic carbocycles. The van der Waals surface area contributed by atoms with Crippen LogP contribution in [0.15, 0.2) is 45.8 Å². The quantitative estimate of drug-likeness (QED) is 0.565. The van der Waals surface area contributed by atoms with Crippen LogP contribution in [0.3, 0.4) is 0 Å². The van der Waals surface area contributed by atoms with Crippen LogP contribution in [0.25, 0.3) is 22.1 Å². The summed E-state index contributed by atoms with van der Waals surface area (Å²) in [7, 11) is 1.31. The number of rotatable bonds is 5. The van der Waals surface area contributed by atoms with Gasteiger partial charge in [0.05, 0.1) is 18.1 Å². The number of esters is 1. The SMILES string of the molecule is COC(=O)C(C)Oc1cc2occ(-c3ccc4c(c3)OCCO4)c(=O)c2cc1C(C)C. The standard InChI is InChI=1S/C24H24O7/c1-13(2)16-10-17-20(11-21(16)31-14(3)24(26)27-4)30-12-18(23(17)25)15-5-6-19-22(9-15)29-8-7-28-19/h5-6,9-14H,7-8H2,1-4H3. The first-order chi connectivity index (χ1) is 14.9. The molecule has 1 atom stereocenters. The summed E-state index contributed by atoms with van der Waals surface area (Å²) in [4.78, 5) is 25.1. The molecule has 0 amide bonds. The van der Waals surface area contributed by atoms with Gasteiger partial charge >= 0.3 is 5.97 Å². The predicted octanol–water partition coefficient (Wildman–Crippen LogP) is 4.29. The molecule has 1 unspecified atom stereocenters.